The largest absolute Gasteiger partial charge is 0.543 e. The molecule has 0 aliphatic carbocycles. The van der Waals surface area contributed by atoms with E-state index in [9.17, 15) is 14.7 Å². The summed E-state index contributed by atoms with van der Waals surface area (Å²) in [5.41, 5.74) is 2.92. The lowest BCUT2D eigenvalue weighted by Crippen LogP contribution is -2.30. The first kappa shape index (κ1) is 15.8. The van der Waals surface area contributed by atoms with Crippen molar-refractivity contribution in [3.63, 3.8) is 0 Å². The van der Waals surface area contributed by atoms with Crippen LogP contribution in [0.4, 0.5) is 5.69 Å². The number of hydrogen-bond donors (Lipinski definition) is 1. The van der Waals surface area contributed by atoms with Crippen molar-refractivity contribution in [1.82, 2.24) is 4.98 Å². The van der Waals surface area contributed by atoms with Gasteiger partial charge in [0.2, 0.25) is 5.91 Å². The first-order chi connectivity index (χ1) is 11.5. The number of amides is 1. The van der Waals surface area contributed by atoms with Crippen molar-refractivity contribution >= 4 is 28.5 Å². The summed E-state index contributed by atoms with van der Waals surface area (Å²) in [6, 6.07) is 14.8. The van der Waals surface area contributed by atoms with Crippen molar-refractivity contribution in [1.29, 1.82) is 0 Å². The molecule has 1 N–H and O–H groups in total. The maximum Gasteiger partial charge on any atom is 0.231 e. The van der Waals surface area contributed by atoms with E-state index in [-0.39, 0.29) is 18.0 Å². The molecule has 3 aromatic rings. The molecule has 0 fully saturated rings. The second-order valence-corrected chi connectivity index (χ2v) is 5.78. The fraction of sp³-hybridized carbons (Fsp3) is 0.158. The molecule has 122 valence electrons. The third-order valence-corrected chi connectivity index (χ3v) is 4.11. The Morgan fingerprint density at radius 1 is 1.12 bits per heavy atom. The number of aromatic nitrogens is 1. The van der Waals surface area contributed by atoms with Crippen molar-refractivity contribution < 1.29 is 14.7 Å². The summed E-state index contributed by atoms with van der Waals surface area (Å²) in [5.74, 6) is -1.50. The minimum Gasteiger partial charge on any atom is -0.543 e. The normalized spacial score (nSPS) is 10.8. The molecule has 0 atom stereocenters. The van der Waals surface area contributed by atoms with Gasteiger partial charge in [-0.05, 0) is 36.2 Å². The maximum atomic E-state index is 12.6. The molecule has 0 aliphatic heterocycles. The lowest BCUT2D eigenvalue weighted by molar-refractivity contribution is -0.255. The molecular weight excluding hydrogens is 304 g/mol. The Labute approximate surface area is 139 Å². The average molecular weight is 321 g/mol. The highest BCUT2D eigenvalue weighted by atomic mass is 16.4. The average Bonchev–Trinajstić information content (AvgIpc) is 2.93. The van der Waals surface area contributed by atoms with Gasteiger partial charge in [-0.2, -0.15) is 0 Å². The third kappa shape index (κ3) is 2.88. The highest BCUT2D eigenvalue weighted by Crippen LogP contribution is 2.24. The number of carbonyl (C=O) groups excluding carboxylic acids is 2. The van der Waals surface area contributed by atoms with Crippen LogP contribution in [0.25, 0.3) is 10.9 Å². The molecule has 5 nitrogen and oxygen atoms in total. The van der Waals surface area contributed by atoms with E-state index in [1.165, 1.54) is 4.90 Å². The van der Waals surface area contributed by atoms with Crippen molar-refractivity contribution in [2.45, 2.75) is 13.3 Å². The van der Waals surface area contributed by atoms with Crippen LogP contribution in [0.15, 0.2) is 48.5 Å². The molecule has 0 radical (unpaired) electrons. The van der Waals surface area contributed by atoms with Crippen molar-refractivity contribution in [3.05, 3.63) is 65.4 Å². The minimum absolute atomic E-state index is 0.0161. The number of benzene rings is 2. The predicted molar refractivity (Wildman–Crippen MR) is 90.9 cm³/mol. The van der Waals surface area contributed by atoms with Crippen LogP contribution in [-0.4, -0.2) is 23.9 Å². The highest BCUT2D eigenvalue weighted by molar-refractivity contribution is 6.02. The molecule has 1 aromatic heterocycles. The van der Waals surface area contributed by atoms with Crippen molar-refractivity contribution in [3.8, 4) is 0 Å². The fourth-order valence-corrected chi connectivity index (χ4v) is 2.81. The van der Waals surface area contributed by atoms with E-state index in [0.717, 1.165) is 16.6 Å². The number of anilines is 1. The zero-order chi connectivity index (χ0) is 17.3. The second kappa shape index (κ2) is 6.20. The highest BCUT2D eigenvalue weighted by Gasteiger charge is 2.18. The first-order valence-corrected chi connectivity index (χ1v) is 7.61. The monoisotopic (exact) mass is 321 g/mol. The number of hydrogen-bond acceptors (Lipinski definition) is 3. The molecule has 1 heterocycles. The third-order valence-electron chi connectivity index (χ3n) is 4.11. The maximum absolute atomic E-state index is 12.6. The summed E-state index contributed by atoms with van der Waals surface area (Å²) < 4.78 is 0. The molecule has 0 aliphatic rings. The molecule has 0 saturated carbocycles. The van der Waals surface area contributed by atoms with Crippen molar-refractivity contribution in [2.75, 3.05) is 11.9 Å². The lowest BCUT2D eigenvalue weighted by atomic mass is 10.1. The van der Waals surface area contributed by atoms with Crippen LogP contribution in [-0.2, 0) is 11.2 Å². The number of rotatable bonds is 4. The molecule has 0 bridgehead atoms. The van der Waals surface area contributed by atoms with Gasteiger partial charge in [-0.3, -0.25) is 4.79 Å². The van der Waals surface area contributed by atoms with E-state index in [2.05, 4.69) is 4.98 Å². The van der Waals surface area contributed by atoms with Gasteiger partial charge in [0.25, 0.3) is 0 Å². The number of carboxylic acid groups (broad SMARTS) is 1. The smallest absolute Gasteiger partial charge is 0.231 e. The Hall–Kier alpha value is -3.08. The molecular formula is C19H17N2O3-. The Morgan fingerprint density at radius 3 is 2.58 bits per heavy atom. The SMILES string of the molecule is Cc1cccc(N(C)C(=O)Cc2c(C(=O)[O-])[nH]c3ccccc23)c1. The van der Waals surface area contributed by atoms with Gasteiger partial charge in [-0.25, -0.2) is 0 Å². The Balaban J connectivity index is 1.95. The minimum atomic E-state index is -1.31. The van der Waals surface area contributed by atoms with E-state index >= 15 is 0 Å². The number of carboxylic acids is 1. The molecule has 0 spiro atoms. The van der Waals surface area contributed by atoms with Gasteiger partial charge >= 0.3 is 0 Å². The van der Waals surface area contributed by atoms with E-state index in [0.29, 0.717) is 11.1 Å². The number of aryl methyl sites for hydroxylation is 1. The van der Waals surface area contributed by atoms with Crippen molar-refractivity contribution in [2.24, 2.45) is 0 Å². The number of fused-ring (bicyclic) bond motifs is 1. The van der Waals surface area contributed by atoms with Crippen LogP contribution >= 0.6 is 0 Å². The van der Waals surface area contributed by atoms with E-state index < -0.39 is 5.97 Å². The number of aromatic amines is 1. The number of likely N-dealkylation sites (N-methyl/N-ethyl adjacent to an activating group) is 1. The zero-order valence-electron chi connectivity index (χ0n) is 13.5. The van der Waals surface area contributed by atoms with Crippen LogP contribution in [0.2, 0.25) is 0 Å². The van der Waals surface area contributed by atoms with Crippen LogP contribution in [0.1, 0.15) is 21.6 Å². The molecule has 0 saturated heterocycles. The number of para-hydroxylation sites is 1. The summed E-state index contributed by atoms with van der Waals surface area (Å²) in [7, 11) is 1.69. The second-order valence-electron chi connectivity index (χ2n) is 5.78. The van der Waals surface area contributed by atoms with Crippen LogP contribution in [0.3, 0.4) is 0 Å². The molecule has 3 rings (SSSR count). The molecule has 0 unspecified atom stereocenters. The summed E-state index contributed by atoms with van der Waals surface area (Å²) in [6.07, 6.45) is -0.0161. The molecule has 5 heteroatoms. The van der Waals surface area contributed by atoms with Gasteiger partial charge in [-0.1, -0.05) is 30.3 Å². The van der Waals surface area contributed by atoms with E-state index in [4.69, 9.17) is 0 Å². The fourth-order valence-electron chi connectivity index (χ4n) is 2.81. The summed E-state index contributed by atoms with van der Waals surface area (Å²) in [6.45, 7) is 1.95. The quantitative estimate of drug-likeness (QED) is 0.799. The van der Waals surface area contributed by atoms with Crippen LogP contribution < -0.4 is 10.0 Å². The molecule has 24 heavy (non-hydrogen) atoms. The van der Waals surface area contributed by atoms with Gasteiger partial charge in [0, 0.05) is 23.6 Å². The molecule has 1 amide bonds. The summed E-state index contributed by atoms with van der Waals surface area (Å²) in [5, 5.41) is 12.1. The lowest BCUT2D eigenvalue weighted by Gasteiger charge is -2.18. The van der Waals surface area contributed by atoms with Gasteiger partial charge in [0.15, 0.2) is 0 Å². The van der Waals surface area contributed by atoms with Crippen LogP contribution in [0.5, 0.6) is 0 Å². The topological polar surface area (TPSA) is 76.2 Å². The number of nitrogens with zero attached hydrogens (tertiary/aromatic N) is 1. The van der Waals surface area contributed by atoms with Gasteiger partial charge in [-0.15, -0.1) is 0 Å². The number of aromatic carboxylic acids is 1. The van der Waals surface area contributed by atoms with Gasteiger partial charge in [0.05, 0.1) is 18.1 Å². The molecule has 2 aromatic carbocycles. The standard InChI is InChI=1S/C19H18N2O3/c1-12-6-5-7-13(10-12)21(2)17(22)11-15-14-8-3-4-9-16(14)20-18(15)19(23)24/h3-10,20H,11H2,1-2H3,(H,23,24)/p-1. The van der Waals surface area contributed by atoms with E-state index in [1.54, 1.807) is 19.2 Å². The number of carbonyl (C=O) groups is 2. The van der Waals surface area contributed by atoms with Gasteiger partial charge < -0.3 is 19.8 Å². The Kier molecular flexibility index (Phi) is 4.08. The number of nitrogens with one attached hydrogen (secondary N) is 1. The van der Waals surface area contributed by atoms with Crippen LogP contribution in [0, 0.1) is 6.92 Å². The zero-order valence-corrected chi connectivity index (χ0v) is 13.5. The van der Waals surface area contributed by atoms with Gasteiger partial charge in [0.1, 0.15) is 0 Å². The predicted octanol–water partition coefficient (Wildman–Crippen LogP) is 2.05. The first-order valence-electron chi connectivity index (χ1n) is 7.61. The van der Waals surface area contributed by atoms with E-state index in [1.807, 2.05) is 43.3 Å². The number of H-pyrrole nitrogens is 1. The summed E-state index contributed by atoms with van der Waals surface area (Å²) in [4.78, 5) is 28.4. The summed E-state index contributed by atoms with van der Waals surface area (Å²) >= 11 is 0. The Bertz CT molecular complexity index is 927. The Morgan fingerprint density at radius 2 is 1.88 bits per heavy atom.